The Kier molecular flexibility index (Phi) is 3.59. The van der Waals surface area contributed by atoms with Crippen LogP contribution < -0.4 is 0 Å². The molecule has 0 bridgehead atoms. The van der Waals surface area contributed by atoms with Crippen LogP contribution in [-0.4, -0.2) is 19.9 Å². The van der Waals surface area contributed by atoms with E-state index >= 15 is 0 Å². The lowest BCUT2D eigenvalue weighted by Crippen LogP contribution is -1.94. The molecule has 0 aromatic carbocycles. The van der Waals surface area contributed by atoms with Gasteiger partial charge < -0.3 is 0 Å². The second-order valence-corrected chi connectivity index (χ2v) is 4.98. The van der Waals surface area contributed by atoms with Gasteiger partial charge in [-0.15, -0.1) is 0 Å². The predicted molar refractivity (Wildman–Crippen MR) is 67.4 cm³/mol. The highest BCUT2D eigenvalue weighted by molar-refractivity contribution is 7.99. The normalized spacial score (nSPS) is 10.6. The molecule has 0 aliphatic carbocycles. The first-order valence-corrected chi connectivity index (χ1v) is 6.24. The van der Waals surface area contributed by atoms with Crippen molar-refractivity contribution in [1.29, 1.82) is 0 Å². The van der Waals surface area contributed by atoms with Crippen LogP contribution in [0.5, 0.6) is 0 Å². The molecule has 0 N–H and O–H groups in total. The largest absolute Gasteiger partial charge is 0.228 e. The summed E-state index contributed by atoms with van der Waals surface area (Å²) in [5.41, 5.74) is 2.71. The second-order valence-electron chi connectivity index (χ2n) is 3.65. The minimum atomic E-state index is 0.247. The fourth-order valence-corrected chi connectivity index (χ4v) is 2.59. The van der Waals surface area contributed by atoms with Crippen molar-refractivity contribution in [2.24, 2.45) is 0 Å². The lowest BCUT2D eigenvalue weighted by Gasteiger charge is -2.03. The molecule has 88 valence electrons. The van der Waals surface area contributed by atoms with Gasteiger partial charge in [0.1, 0.15) is 5.03 Å². The molecule has 2 heterocycles. The maximum atomic E-state index is 5.80. The first kappa shape index (κ1) is 12.3. The Balaban J connectivity index is 2.31. The SMILES string of the molecule is Cc1cc(Sc2nc(C)cc(C)n2)nc(Cl)n1. The van der Waals surface area contributed by atoms with Crippen LogP contribution in [0.4, 0.5) is 0 Å². The molecule has 2 aromatic rings. The van der Waals surface area contributed by atoms with Gasteiger partial charge in [-0.3, -0.25) is 0 Å². The molecule has 0 fully saturated rings. The number of halogens is 1. The Morgan fingerprint density at radius 3 is 2.06 bits per heavy atom. The van der Waals surface area contributed by atoms with Crippen molar-refractivity contribution < 1.29 is 0 Å². The fraction of sp³-hybridized carbons (Fsp3) is 0.273. The molecule has 0 aliphatic rings. The van der Waals surface area contributed by atoms with Crippen LogP contribution in [0.2, 0.25) is 5.28 Å². The monoisotopic (exact) mass is 266 g/mol. The van der Waals surface area contributed by atoms with Gasteiger partial charge >= 0.3 is 0 Å². The van der Waals surface area contributed by atoms with Crippen LogP contribution >= 0.6 is 23.4 Å². The van der Waals surface area contributed by atoms with Crippen molar-refractivity contribution in [3.63, 3.8) is 0 Å². The van der Waals surface area contributed by atoms with Crippen molar-refractivity contribution >= 4 is 23.4 Å². The first-order valence-electron chi connectivity index (χ1n) is 5.04. The van der Waals surface area contributed by atoms with Gasteiger partial charge in [0.15, 0.2) is 5.16 Å². The minimum Gasteiger partial charge on any atom is -0.228 e. The summed E-state index contributed by atoms with van der Waals surface area (Å²) < 4.78 is 0. The summed E-state index contributed by atoms with van der Waals surface area (Å²) in [5, 5.41) is 1.68. The van der Waals surface area contributed by atoms with E-state index in [1.807, 2.05) is 32.9 Å². The molecule has 0 saturated heterocycles. The quantitative estimate of drug-likeness (QED) is 0.618. The van der Waals surface area contributed by atoms with Gasteiger partial charge in [0.25, 0.3) is 0 Å². The van der Waals surface area contributed by atoms with Crippen molar-refractivity contribution in [3.8, 4) is 0 Å². The van der Waals surface area contributed by atoms with E-state index in [9.17, 15) is 0 Å². The minimum absolute atomic E-state index is 0.247. The summed E-state index contributed by atoms with van der Waals surface area (Å²) in [6, 6.07) is 3.79. The Bertz CT molecular complexity index is 469. The molecule has 6 heteroatoms. The average Bonchev–Trinajstić information content (AvgIpc) is 2.13. The number of aryl methyl sites for hydroxylation is 3. The maximum Gasteiger partial charge on any atom is 0.223 e. The number of hydrogen-bond acceptors (Lipinski definition) is 5. The first-order chi connectivity index (χ1) is 8.02. The maximum absolute atomic E-state index is 5.80. The number of hydrogen-bond donors (Lipinski definition) is 0. The van der Waals surface area contributed by atoms with Crippen molar-refractivity contribution in [3.05, 3.63) is 34.5 Å². The van der Waals surface area contributed by atoms with E-state index in [-0.39, 0.29) is 5.28 Å². The third-order valence-electron chi connectivity index (χ3n) is 1.96. The van der Waals surface area contributed by atoms with Gasteiger partial charge in [-0.1, -0.05) is 0 Å². The topological polar surface area (TPSA) is 51.6 Å². The lowest BCUT2D eigenvalue weighted by molar-refractivity contribution is 0.896. The van der Waals surface area contributed by atoms with E-state index in [0.29, 0.717) is 5.16 Å². The highest BCUT2D eigenvalue weighted by Crippen LogP contribution is 2.24. The molecule has 17 heavy (non-hydrogen) atoms. The van der Waals surface area contributed by atoms with Crippen LogP contribution in [0.1, 0.15) is 17.1 Å². The van der Waals surface area contributed by atoms with Gasteiger partial charge in [0, 0.05) is 17.1 Å². The van der Waals surface area contributed by atoms with Crippen molar-refractivity contribution in [1.82, 2.24) is 19.9 Å². The second kappa shape index (κ2) is 4.98. The highest BCUT2D eigenvalue weighted by Gasteiger charge is 2.06. The van der Waals surface area contributed by atoms with Crippen LogP contribution in [-0.2, 0) is 0 Å². The molecule has 2 rings (SSSR count). The molecule has 0 unspecified atom stereocenters. The van der Waals surface area contributed by atoms with E-state index < -0.39 is 0 Å². The van der Waals surface area contributed by atoms with Crippen LogP contribution in [0.3, 0.4) is 0 Å². The van der Waals surface area contributed by atoms with Gasteiger partial charge in [-0.25, -0.2) is 19.9 Å². The molecule has 4 nitrogen and oxygen atoms in total. The van der Waals surface area contributed by atoms with Crippen molar-refractivity contribution in [2.75, 3.05) is 0 Å². The van der Waals surface area contributed by atoms with E-state index in [0.717, 1.165) is 22.1 Å². The molecule has 2 aromatic heterocycles. The Morgan fingerprint density at radius 2 is 1.47 bits per heavy atom. The smallest absolute Gasteiger partial charge is 0.223 e. The molecular weight excluding hydrogens is 256 g/mol. The average molecular weight is 267 g/mol. The van der Waals surface area contributed by atoms with Gasteiger partial charge in [-0.05, 0) is 56.3 Å². The summed E-state index contributed by atoms with van der Waals surface area (Å²) in [7, 11) is 0. The zero-order valence-corrected chi connectivity index (χ0v) is 11.3. The van der Waals surface area contributed by atoms with Crippen LogP contribution in [0.15, 0.2) is 22.3 Å². The number of rotatable bonds is 2. The summed E-state index contributed by atoms with van der Waals surface area (Å²) in [4.78, 5) is 16.8. The Labute approximate surface area is 109 Å². The summed E-state index contributed by atoms with van der Waals surface area (Å²) >= 11 is 7.19. The molecule has 0 atom stereocenters. The Hall–Kier alpha value is -1.20. The van der Waals surface area contributed by atoms with Crippen LogP contribution in [0.25, 0.3) is 0 Å². The van der Waals surface area contributed by atoms with Gasteiger partial charge in [0.2, 0.25) is 5.28 Å². The molecule has 0 saturated carbocycles. The van der Waals surface area contributed by atoms with E-state index in [2.05, 4.69) is 19.9 Å². The van der Waals surface area contributed by atoms with Crippen molar-refractivity contribution in [2.45, 2.75) is 31.0 Å². The molecule has 0 aliphatic heterocycles. The van der Waals surface area contributed by atoms with Gasteiger partial charge in [-0.2, -0.15) is 0 Å². The zero-order chi connectivity index (χ0) is 12.4. The standard InChI is InChI=1S/C11H11ClN4S/c1-6-4-7(2)15-11(14-6)17-9-5-8(3)13-10(12)16-9/h4-5H,1-3H3. The lowest BCUT2D eigenvalue weighted by atomic mass is 10.4. The Morgan fingerprint density at radius 1 is 0.882 bits per heavy atom. The van der Waals surface area contributed by atoms with Crippen LogP contribution in [0, 0.1) is 20.8 Å². The van der Waals surface area contributed by atoms with E-state index in [1.165, 1.54) is 11.8 Å². The highest BCUT2D eigenvalue weighted by atomic mass is 35.5. The third-order valence-corrected chi connectivity index (χ3v) is 2.91. The van der Waals surface area contributed by atoms with Gasteiger partial charge in [0.05, 0.1) is 0 Å². The summed E-state index contributed by atoms with van der Waals surface area (Å²) in [6.45, 7) is 5.76. The number of aromatic nitrogens is 4. The molecule has 0 amide bonds. The zero-order valence-electron chi connectivity index (χ0n) is 9.73. The molecule has 0 spiro atoms. The fourth-order valence-electron chi connectivity index (χ4n) is 1.39. The van der Waals surface area contributed by atoms with E-state index in [1.54, 1.807) is 0 Å². The van der Waals surface area contributed by atoms with E-state index in [4.69, 9.17) is 11.6 Å². The summed E-state index contributed by atoms with van der Waals surface area (Å²) in [5.74, 6) is 0. The number of nitrogens with zero attached hydrogens (tertiary/aromatic N) is 4. The molecule has 0 radical (unpaired) electrons. The molecular formula is C11H11ClN4S. The predicted octanol–water partition coefficient (Wildman–Crippen LogP) is 3.00. The third kappa shape index (κ3) is 3.38. The summed E-state index contributed by atoms with van der Waals surface area (Å²) in [6.07, 6.45) is 0.